The fourth-order valence-electron chi connectivity index (χ4n) is 2.08. The number of carbonyl (C=O) groups is 1. The molecular weight excluding hydrogens is 216 g/mol. The van der Waals surface area contributed by atoms with Crippen molar-refractivity contribution in [1.29, 1.82) is 0 Å². The fraction of sp³-hybridized carbons (Fsp3) is 0.462. The number of ether oxygens (including phenoxy) is 1. The number of para-hydroxylation sites is 1. The van der Waals surface area contributed by atoms with Crippen molar-refractivity contribution in [1.82, 2.24) is 5.32 Å². The number of hydrogen-bond donors (Lipinski definition) is 2. The summed E-state index contributed by atoms with van der Waals surface area (Å²) >= 11 is 0. The van der Waals surface area contributed by atoms with Gasteiger partial charge in [0, 0.05) is 18.8 Å². The summed E-state index contributed by atoms with van der Waals surface area (Å²) in [7, 11) is 0. The van der Waals surface area contributed by atoms with E-state index in [2.05, 4.69) is 16.7 Å². The number of amides is 1. The van der Waals surface area contributed by atoms with Crippen LogP contribution in [0.1, 0.15) is 24.5 Å². The first-order valence-corrected chi connectivity index (χ1v) is 6.06. The average molecular weight is 234 g/mol. The normalized spacial score (nSPS) is 13.5. The number of benzene rings is 1. The molecule has 1 aliphatic heterocycles. The second kappa shape index (κ2) is 5.57. The third-order valence-electron chi connectivity index (χ3n) is 2.86. The Bertz CT molecular complexity index is 404. The van der Waals surface area contributed by atoms with Crippen molar-refractivity contribution < 1.29 is 9.53 Å². The molecule has 17 heavy (non-hydrogen) atoms. The van der Waals surface area contributed by atoms with Crippen LogP contribution in [0.2, 0.25) is 0 Å². The zero-order valence-electron chi connectivity index (χ0n) is 10.1. The van der Waals surface area contributed by atoms with Crippen LogP contribution in [0.25, 0.3) is 0 Å². The molecule has 0 saturated carbocycles. The van der Waals surface area contributed by atoms with E-state index in [1.54, 1.807) is 6.92 Å². The number of alkyl carbamates (subject to hydrolysis) is 1. The van der Waals surface area contributed by atoms with E-state index in [1.165, 1.54) is 17.7 Å². The molecule has 1 aliphatic rings. The number of fused-ring (bicyclic) bond motifs is 1. The van der Waals surface area contributed by atoms with Gasteiger partial charge in [-0.3, -0.25) is 0 Å². The van der Waals surface area contributed by atoms with Crippen molar-refractivity contribution in [2.24, 2.45) is 0 Å². The highest BCUT2D eigenvalue weighted by Gasteiger charge is 2.12. The van der Waals surface area contributed by atoms with Crippen molar-refractivity contribution in [3.05, 3.63) is 29.3 Å². The van der Waals surface area contributed by atoms with Crippen LogP contribution in [0.15, 0.2) is 18.2 Å². The Morgan fingerprint density at radius 2 is 2.41 bits per heavy atom. The number of carbonyl (C=O) groups excluding carboxylic acids is 1. The van der Waals surface area contributed by atoms with Gasteiger partial charge < -0.3 is 15.4 Å². The molecule has 2 N–H and O–H groups in total. The lowest BCUT2D eigenvalue weighted by Crippen LogP contribution is -2.25. The minimum absolute atomic E-state index is 0.360. The molecule has 1 heterocycles. The molecule has 0 atom stereocenters. The highest BCUT2D eigenvalue weighted by Crippen LogP contribution is 2.25. The van der Waals surface area contributed by atoms with Gasteiger partial charge in [0.05, 0.1) is 6.61 Å². The van der Waals surface area contributed by atoms with E-state index in [1.807, 2.05) is 12.1 Å². The smallest absolute Gasteiger partial charge is 0.407 e. The summed E-state index contributed by atoms with van der Waals surface area (Å²) in [5, 5.41) is 6.14. The Hall–Kier alpha value is -1.71. The average Bonchev–Trinajstić information content (AvgIpc) is 2.36. The van der Waals surface area contributed by atoms with Gasteiger partial charge in [0.25, 0.3) is 0 Å². The molecular formula is C13H18N2O2. The van der Waals surface area contributed by atoms with Crippen LogP contribution >= 0.6 is 0 Å². The zero-order valence-corrected chi connectivity index (χ0v) is 10.1. The summed E-state index contributed by atoms with van der Waals surface area (Å²) < 4.78 is 4.84. The molecule has 0 saturated heterocycles. The van der Waals surface area contributed by atoms with Gasteiger partial charge in [-0.1, -0.05) is 18.2 Å². The van der Waals surface area contributed by atoms with Gasteiger partial charge in [0.1, 0.15) is 0 Å². The van der Waals surface area contributed by atoms with Crippen molar-refractivity contribution >= 4 is 11.8 Å². The quantitative estimate of drug-likeness (QED) is 0.843. The van der Waals surface area contributed by atoms with E-state index >= 15 is 0 Å². The van der Waals surface area contributed by atoms with Crippen LogP contribution in [0.4, 0.5) is 10.5 Å². The molecule has 1 amide bonds. The first kappa shape index (κ1) is 11.8. The summed E-state index contributed by atoms with van der Waals surface area (Å²) in [6.45, 7) is 3.71. The summed E-state index contributed by atoms with van der Waals surface area (Å²) in [6, 6.07) is 6.20. The number of anilines is 1. The van der Waals surface area contributed by atoms with Crippen molar-refractivity contribution in [2.75, 3.05) is 18.5 Å². The fourth-order valence-corrected chi connectivity index (χ4v) is 2.08. The van der Waals surface area contributed by atoms with Gasteiger partial charge in [-0.15, -0.1) is 0 Å². The predicted molar refractivity (Wildman–Crippen MR) is 67.1 cm³/mol. The second-order valence-corrected chi connectivity index (χ2v) is 4.06. The molecule has 0 unspecified atom stereocenters. The Labute approximate surface area is 101 Å². The molecule has 0 fully saturated rings. The van der Waals surface area contributed by atoms with Crippen LogP contribution in [-0.4, -0.2) is 19.2 Å². The van der Waals surface area contributed by atoms with Gasteiger partial charge in [-0.25, -0.2) is 4.79 Å². The SMILES string of the molecule is CCOC(=O)NCc1cccc2c1NCCC2. The molecule has 1 aromatic rings. The van der Waals surface area contributed by atoms with Crippen LogP contribution < -0.4 is 10.6 Å². The van der Waals surface area contributed by atoms with Crippen molar-refractivity contribution in [3.8, 4) is 0 Å². The molecule has 1 aromatic carbocycles. The maximum absolute atomic E-state index is 11.2. The number of rotatable bonds is 3. The van der Waals surface area contributed by atoms with Gasteiger partial charge in [0.15, 0.2) is 0 Å². The molecule has 0 spiro atoms. The molecule has 2 rings (SSSR count). The highest BCUT2D eigenvalue weighted by molar-refractivity contribution is 5.68. The minimum Gasteiger partial charge on any atom is -0.450 e. The molecule has 0 aliphatic carbocycles. The van der Waals surface area contributed by atoms with E-state index in [0.29, 0.717) is 13.2 Å². The number of hydrogen-bond acceptors (Lipinski definition) is 3. The Morgan fingerprint density at radius 1 is 1.53 bits per heavy atom. The van der Waals surface area contributed by atoms with Crippen LogP contribution in [0.3, 0.4) is 0 Å². The van der Waals surface area contributed by atoms with E-state index in [9.17, 15) is 4.79 Å². The van der Waals surface area contributed by atoms with Gasteiger partial charge in [0.2, 0.25) is 0 Å². The zero-order chi connectivity index (χ0) is 12.1. The molecule has 92 valence electrons. The largest absolute Gasteiger partial charge is 0.450 e. The molecule has 0 bridgehead atoms. The van der Waals surface area contributed by atoms with Crippen LogP contribution in [-0.2, 0) is 17.7 Å². The first-order valence-electron chi connectivity index (χ1n) is 6.06. The predicted octanol–water partition coefficient (Wildman–Crippen LogP) is 2.29. The third kappa shape index (κ3) is 2.90. The Kier molecular flexibility index (Phi) is 3.85. The summed E-state index contributed by atoms with van der Waals surface area (Å²) in [5.74, 6) is 0. The topological polar surface area (TPSA) is 50.4 Å². The lowest BCUT2D eigenvalue weighted by molar-refractivity contribution is 0.151. The maximum atomic E-state index is 11.2. The number of aryl methyl sites for hydroxylation is 1. The molecule has 0 radical (unpaired) electrons. The standard InChI is InChI=1S/C13H18N2O2/c1-2-17-13(16)15-9-11-6-3-5-10-7-4-8-14-12(10)11/h3,5-6,14H,2,4,7-9H2,1H3,(H,15,16). The summed E-state index contributed by atoms with van der Waals surface area (Å²) in [5.41, 5.74) is 3.63. The lowest BCUT2D eigenvalue weighted by atomic mass is 9.99. The molecule has 4 heteroatoms. The highest BCUT2D eigenvalue weighted by atomic mass is 16.5. The minimum atomic E-state index is -0.360. The van der Waals surface area contributed by atoms with Crippen LogP contribution in [0, 0.1) is 0 Å². The van der Waals surface area contributed by atoms with E-state index in [-0.39, 0.29) is 6.09 Å². The second-order valence-electron chi connectivity index (χ2n) is 4.06. The van der Waals surface area contributed by atoms with E-state index in [4.69, 9.17) is 4.74 Å². The van der Waals surface area contributed by atoms with E-state index in [0.717, 1.165) is 18.5 Å². The monoisotopic (exact) mass is 234 g/mol. The van der Waals surface area contributed by atoms with Gasteiger partial charge in [-0.2, -0.15) is 0 Å². The Balaban J connectivity index is 2.03. The molecule has 0 aromatic heterocycles. The van der Waals surface area contributed by atoms with Gasteiger partial charge in [-0.05, 0) is 30.9 Å². The van der Waals surface area contributed by atoms with Crippen LogP contribution in [0.5, 0.6) is 0 Å². The molecule has 4 nitrogen and oxygen atoms in total. The maximum Gasteiger partial charge on any atom is 0.407 e. The van der Waals surface area contributed by atoms with Gasteiger partial charge >= 0.3 is 6.09 Å². The van der Waals surface area contributed by atoms with Crippen molar-refractivity contribution in [2.45, 2.75) is 26.3 Å². The van der Waals surface area contributed by atoms with Crippen molar-refractivity contribution in [3.63, 3.8) is 0 Å². The van der Waals surface area contributed by atoms with E-state index < -0.39 is 0 Å². The third-order valence-corrected chi connectivity index (χ3v) is 2.86. The summed E-state index contributed by atoms with van der Waals surface area (Å²) in [4.78, 5) is 11.2. The summed E-state index contributed by atoms with van der Waals surface area (Å²) in [6.07, 6.45) is 1.91. The Morgan fingerprint density at radius 3 is 3.24 bits per heavy atom. The first-order chi connectivity index (χ1) is 8.31. The number of nitrogens with one attached hydrogen (secondary N) is 2. The lowest BCUT2D eigenvalue weighted by Gasteiger charge is -2.21.